The summed E-state index contributed by atoms with van der Waals surface area (Å²) in [6.07, 6.45) is 8.92. The number of isocyanates is 1. The van der Waals surface area contributed by atoms with Crippen molar-refractivity contribution in [2.45, 2.75) is 50.5 Å². The molecule has 0 amide bonds. The largest absolute Gasteiger partial charge is 0.506 e. The fraction of sp³-hybridized carbons (Fsp3) is 0.533. The molecule has 2 aliphatic carbocycles. The molecule has 3 nitrogen and oxygen atoms in total. The molecule has 0 heterocycles. The number of phenols is 1. The molecule has 1 saturated carbocycles. The molecule has 1 aromatic rings. The Kier molecular flexibility index (Phi) is 3.23. The second-order valence-electron chi connectivity index (χ2n) is 5.52. The molecule has 1 aromatic carbocycles. The number of benzene rings is 1. The van der Waals surface area contributed by atoms with Gasteiger partial charge in [0.15, 0.2) is 0 Å². The summed E-state index contributed by atoms with van der Waals surface area (Å²) in [6.45, 7) is 0. The number of aromatic hydroxyl groups is 1. The average molecular weight is 322 g/mol. The van der Waals surface area contributed by atoms with Gasteiger partial charge in [0.05, 0.1) is 4.47 Å². The fourth-order valence-electron chi connectivity index (χ4n) is 3.16. The van der Waals surface area contributed by atoms with Crippen LogP contribution in [-0.2, 0) is 23.2 Å². The van der Waals surface area contributed by atoms with Crippen LogP contribution in [0.4, 0.5) is 0 Å². The number of rotatable bonds is 2. The van der Waals surface area contributed by atoms with Crippen LogP contribution in [0, 0.1) is 0 Å². The van der Waals surface area contributed by atoms with Gasteiger partial charge in [-0.25, -0.2) is 4.79 Å². The van der Waals surface area contributed by atoms with Gasteiger partial charge in [-0.2, -0.15) is 4.99 Å². The minimum absolute atomic E-state index is 0.261. The third-order valence-electron chi connectivity index (χ3n) is 4.27. The van der Waals surface area contributed by atoms with Crippen molar-refractivity contribution in [2.75, 3.05) is 0 Å². The van der Waals surface area contributed by atoms with E-state index in [4.69, 9.17) is 0 Å². The molecule has 0 unspecified atom stereocenters. The van der Waals surface area contributed by atoms with Gasteiger partial charge in [0.2, 0.25) is 6.08 Å². The van der Waals surface area contributed by atoms with Crippen LogP contribution < -0.4 is 0 Å². The van der Waals surface area contributed by atoms with E-state index in [0.717, 1.165) is 42.1 Å². The molecule has 1 N–H and O–H groups in total. The standard InChI is InChI=1S/C15H16BrNO2/c16-12-8-10-4-2-1-3-5-11(10)13(14(12)19)15(6-7-15)17-9-18/h8,19H,1-7H2. The summed E-state index contributed by atoms with van der Waals surface area (Å²) >= 11 is 3.43. The Bertz CT molecular complexity index is 572. The van der Waals surface area contributed by atoms with Crippen LogP contribution in [0.15, 0.2) is 15.5 Å². The molecule has 0 atom stereocenters. The summed E-state index contributed by atoms with van der Waals surface area (Å²) in [5.74, 6) is 0.261. The molecule has 3 rings (SSSR count). The lowest BCUT2D eigenvalue weighted by Gasteiger charge is -2.20. The molecule has 2 aliphatic rings. The maximum absolute atomic E-state index is 10.7. The summed E-state index contributed by atoms with van der Waals surface area (Å²) in [5.41, 5.74) is 2.89. The zero-order chi connectivity index (χ0) is 13.5. The van der Waals surface area contributed by atoms with Crippen molar-refractivity contribution in [3.63, 3.8) is 0 Å². The highest BCUT2D eigenvalue weighted by Gasteiger charge is 2.48. The molecular formula is C15H16BrNO2. The van der Waals surface area contributed by atoms with Crippen molar-refractivity contribution < 1.29 is 9.90 Å². The van der Waals surface area contributed by atoms with Crippen LogP contribution in [-0.4, -0.2) is 11.2 Å². The SMILES string of the molecule is O=C=NC1(c2c(O)c(Br)cc3c2CCCCC3)CC1. The normalized spacial score (nSPS) is 20.1. The maximum atomic E-state index is 10.7. The number of phenolic OH excluding ortho intramolecular Hbond substituents is 1. The van der Waals surface area contributed by atoms with Gasteiger partial charge in [0.1, 0.15) is 11.3 Å². The average Bonchev–Trinajstić information content (AvgIpc) is 3.16. The number of carbonyl (C=O) groups excluding carboxylic acids is 1. The highest BCUT2D eigenvalue weighted by molar-refractivity contribution is 9.10. The third-order valence-corrected chi connectivity index (χ3v) is 4.88. The predicted octanol–water partition coefficient (Wildman–Crippen LogP) is 3.75. The molecule has 19 heavy (non-hydrogen) atoms. The topological polar surface area (TPSA) is 49.7 Å². The summed E-state index contributed by atoms with van der Waals surface area (Å²) in [6, 6.07) is 2.03. The molecule has 0 aliphatic heterocycles. The maximum Gasteiger partial charge on any atom is 0.235 e. The minimum Gasteiger partial charge on any atom is -0.506 e. The number of halogens is 1. The van der Waals surface area contributed by atoms with E-state index in [1.807, 2.05) is 6.07 Å². The summed E-state index contributed by atoms with van der Waals surface area (Å²) in [7, 11) is 0. The smallest absolute Gasteiger partial charge is 0.235 e. The van der Waals surface area contributed by atoms with Crippen molar-refractivity contribution >= 4 is 22.0 Å². The molecule has 100 valence electrons. The predicted molar refractivity (Wildman–Crippen MR) is 76.1 cm³/mol. The first-order chi connectivity index (χ1) is 9.18. The van der Waals surface area contributed by atoms with Crippen LogP contribution in [0.1, 0.15) is 48.8 Å². The van der Waals surface area contributed by atoms with Gasteiger partial charge in [-0.1, -0.05) is 6.42 Å². The van der Waals surface area contributed by atoms with Gasteiger partial charge in [0.25, 0.3) is 0 Å². The van der Waals surface area contributed by atoms with E-state index in [1.165, 1.54) is 24.0 Å². The zero-order valence-corrected chi connectivity index (χ0v) is 12.3. The zero-order valence-electron chi connectivity index (χ0n) is 10.7. The van der Waals surface area contributed by atoms with Gasteiger partial charge >= 0.3 is 0 Å². The number of nitrogens with zero attached hydrogens (tertiary/aromatic N) is 1. The molecular weight excluding hydrogens is 306 g/mol. The van der Waals surface area contributed by atoms with Crippen LogP contribution in [0.3, 0.4) is 0 Å². The Balaban J connectivity index is 2.22. The van der Waals surface area contributed by atoms with Gasteiger partial charge < -0.3 is 5.11 Å². The van der Waals surface area contributed by atoms with Gasteiger partial charge in [-0.15, -0.1) is 0 Å². The first-order valence-electron chi connectivity index (χ1n) is 6.81. The van der Waals surface area contributed by atoms with Crippen molar-refractivity contribution in [3.8, 4) is 5.75 Å². The molecule has 0 saturated heterocycles. The van der Waals surface area contributed by atoms with E-state index in [2.05, 4.69) is 20.9 Å². The lowest BCUT2D eigenvalue weighted by Crippen LogP contribution is -2.10. The first-order valence-corrected chi connectivity index (χ1v) is 7.60. The summed E-state index contributed by atoms with van der Waals surface area (Å²) in [4.78, 5) is 14.7. The van der Waals surface area contributed by atoms with E-state index in [0.29, 0.717) is 0 Å². The van der Waals surface area contributed by atoms with Crippen molar-refractivity contribution in [1.29, 1.82) is 0 Å². The van der Waals surface area contributed by atoms with Crippen LogP contribution in [0.5, 0.6) is 5.75 Å². The number of hydrogen-bond acceptors (Lipinski definition) is 3. The van der Waals surface area contributed by atoms with Crippen LogP contribution >= 0.6 is 15.9 Å². The first kappa shape index (κ1) is 12.9. The Labute approximate surface area is 120 Å². The summed E-state index contributed by atoms with van der Waals surface area (Å²) in [5, 5.41) is 10.4. The highest BCUT2D eigenvalue weighted by atomic mass is 79.9. The van der Waals surface area contributed by atoms with E-state index in [-0.39, 0.29) is 5.75 Å². The lowest BCUT2D eigenvalue weighted by molar-refractivity contribution is 0.453. The van der Waals surface area contributed by atoms with E-state index >= 15 is 0 Å². The molecule has 1 fully saturated rings. The Morgan fingerprint density at radius 2 is 2.00 bits per heavy atom. The Morgan fingerprint density at radius 1 is 1.26 bits per heavy atom. The van der Waals surface area contributed by atoms with E-state index in [9.17, 15) is 9.90 Å². The summed E-state index contributed by atoms with van der Waals surface area (Å²) < 4.78 is 0.718. The molecule has 0 spiro atoms. The second-order valence-corrected chi connectivity index (χ2v) is 6.37. The quantitative estimate of drug-likeness (QED) is 0.512. The van der Waals surface area contributed by atoms with Crippen molar-refractivity contribution in [3.05, 3.63) is 27.2 Å². The fourth-order valence-corrected chi connectivity index (χ4v) is 3.63. The van der Waals surface area contributed by atoms with E-state index < -0.39 is 5.54 Å². The molecule has 0 bridgehead atoms. The monoisotopic (exact) mass is 321 g/mol. The van der Waals surface area contributed by atoms with Gasteiger partial charge in [0, 0.05) is 5.56 Å². The number of hydrogen-bond donors (Lipinski definition) is 1. The van der Waals surface area contributed by atoms with Gasteiger partial charge in [-0.05, 0) is 71.6 Å². The van der Waals surface area contributed by atoms with Crippen LogP contribution in [0.25, 0.3) is 0 Å². The van der Waals surface area contributed by atoms with Crippen LogP contribution in [0.2, 0.25) is 0 Å². The molecule has 0 aromatic heterocycles. The number of fused-ring (bicyclic) bond motifs is 1. The Morgan fingerprint density at radius 3 is 2.68 bits per heavy atom. The second kappa shape index (κ2) is 4.77. The number of aliphatic imine (C=N–C) groups is 1. The molecule has 0 radical (unpaired) electrons. The Hall–Kier alpha value is -1.12. The van der Waals surface area contributed by atoms with Gasteiger partial charge in [-0.3, -0.25) is 0 Å². The number of aryl methyl sites for hydroxylation is 1. The lowest BCUT2D eigenvalue weighted by atomic mass is 9.90. The van der Waals surface area contributed by atoms with E-state index in [1.54, 1.807) is 6.08 Å². The molecule has 4 heteroatoms. The van der Waals surface area contributed by atoms with Crippen molar-refractivity contribution in [1.82, 2.24) is 0 Å². The van der Waals surface area contributed by atoms with Crippen molar-refractivity contribution in [2.24, 2.45) is 4.99 Å². The highest BCUT2D eigenvalue weighted by Crippen LogP contribution is 2.55. The third kappa shape index (κ3) is 2.13. The minimum atomic E-state index is -0.496.